The van der Waals surface area contributed by atoms with Crippen LogP contribution in [0.1, 0.15) is 42.3 Å². The van der Waals surface area contributed by atoms with Gasteiger partial charge in [-0.05, 0) is 41.9 Å². The number of halogens is 2. The summed E-state index contributed by atoms with van der Waals surface area (Å²) < 4.78 is 20.0. The van der Waals surface area contributed by atoms with E-state index in [1.165, 1.54) is 0 Å². The number of rotatable bonds is 5. The molecule has 26 heavy (non-hydrogen) atoms. The molecule has 0 aliphatic carbocycles. The Morgan fingerprint density at radius 3 is 2.35 bits per heavy atom. The predicted molar refractivity (Wildman–Crippen MR) is 101 cm³/mol. The Labute approximate surface area is 173 Å². The molecule has 0 aliphatic heterocycles. The molecule has 0 saturated heterocycles. The third-order valence-electron chi connectivity index (χ3n) is 4.48. The van der Waals surface area contributed by atoms with Gasteiger partial charge in [-0.15, -0.1) is 0 Å². The number of hydrogen-bond donors (Lipinski definition) is 0. The van der Waals surface area contributed by atoms with E-state index in [-0.39, 0.29) is 51.9 Å². The summed E-state index contributed by atoms with van der Waals surface area (Å²) in [6, 6.07) is 14.8. The first-order chi connectivity index (χ1) is 12.0. The van der Waals surface area contributed by atoms with Crippen molar-refractivity contribution in [1.29, 1.82) is 0 Å². The molecule has 6 heteroatoms. The highest BCUT2D eigenvalue weighted by Crippen LogP contribution is 2.29. The number of aromatic nitrogens is 2. The highest BCUT2D eigenvalue weighted by molar-refractivity contribution is 7.95. The minimum atomic E-state index is -0.243. The average molecular weight is 484 g/mol. The van der Waals surface area contributed by atoms with Gasteiger partial charge in [-0.25, -0.2) is 4.39 Å². The second kappa shape index (κ2) is 8.99. The molecule has 0 aliphatic rings. The van der Waals surface area contributed by atoms with Crippen molar-refractivity contribution in [3.63, 3.8) is 0 Å². The predicted octanol–water partition coefficient (Wildman–Crippen LogP) is 1.97. The van der Waals surface area contributed by atoms with E-state index in [0.717, 1.165) is 17.0 Å². The second-order valence-electron chi connectivity index (χ2n) is 6.34. The third-order valence-corrected chi connectivity index (χ3v) is 6.10. The lowest BCUT2D eigenvalue weighted by atomic mass is 9.97. The van der Waals surface area contributed by atoms with Gasteiger partial charge in [0, 0.05) is 5.56 Å². The molecule has 3 rings (SSSR count). The molecule has 3 aromatic rings. The van der Waals surface area contributed by atoms with E-state index in [2.05, 4.69) is 29.6 Å². The molecule has 0 bridgehead atoms. The average Bonchev–Trinajstić information content (AvgIpc) is 3.11. The minimum Gasteiger partial charge on any atom is -1.00 e. The first-order valence-corrected chi connectivity index (χ1v) is 10.3. The maximum atomic E-state index is 14.6. The number of benzene rings is 2. The Morgan fingerprint density at radius 2 is 1.73 bits per heavy atom. The lowest BCUT2D eigenvalue weighted by Crippen LogP contribution is -3.00. The van der Waals surface area contributed by atoms with E-state index in [4.69, 9.17) is 4.52 Å². The Bertz CT molecular complexity index is 854. The minimum absolute atomic E-state index is 0. The summed E-state index contributed by atoms with van der Waals surface area (Å²) in [7, 11) is 0.171. The summed E-state index contributed by atoms with van der Waals surface area (Å²) in [6.45, 7) is 4.05. The fourth-order valence-electron chi connectivity index (χ4n) is 2.59. The van der Waals surface area contributed by atoms with Crippen LogP contribution in [0.2, 0.25) is 0 Å². The van der Waals surface area contributed by atoms with Crippen molar-refractivity contribution >= 4 is 10.9 Å². The van der Waals surface area contributed by atoms with Crippen LogP contribution in [-0.4, -0.2) is 22.7 Å². The summed E-state index contributed by atoms with van der Waals surface area (Å²) >= 11 is 0. The Hall–Kier alpha value is -1.41. The molecule has 2 atom stereocenters. The topological polar surface area (TPSA) is 38.9 Å². The summed E-state index contributed by atoms with van der Waals surface area (Å²) in [6.07, 6.45) is 4.31. The fraction of sp³-hybridized carbons (Fsp3) is 0.300. The molecule has 2 aromatic carbocycles. The molecular formula is C20H22FIN2OS. The van der Waals surface area contributed by atoms with E-state index in [9.17, 15) is 4.39 Å². The Morgan fingerprint density at radius 1 is 1.04 bits per heavy atom. The molecule has 138 valence electrons. The molecule has 0 spiro atoms. The molecule has 3 nitrogen and oxygen atoms in total. The standard InChI is InChI=1S/C20H22FN2OS.HI/c1-13(20-22-19(23-24-20)14(2)25(3)4)16-10-11-17(18(21)12-16)15-8-6-5-7-9-15;/h5-14H,1-4H3;1H/q+1;/p-1. The lowest BCUT2D eigenvalue weighted by molar-refractivity contribution is -0.00000635. The Kier molecular flexibility index (Phi) is 7.23. The zero-order valence-electron chi connectivity index (χ0n) is 15.2. The molecule has 0 fully saturated rings. The van der Waals surface area contributed by atoms with Crippen molar-refractivity contribution in [2.24, 2.45) is 0 Å². The normalized spacial score (nSPS) is 13.3. The largest absolute Gasteiger partial charge is 1.00 e. The lowest BCUT2D eigenvalue weighted by Gasteiger charge is -2.10. The van der Waals surface area contributed by atoms with Gasteiger partial charge in [-0.1, -0.05) is 47.6 Å². The Balaban J connectivity index is 0.00000243. The molecule has 1 aromatic heterocycles. The van der Waals surface area contributed by atoms with Crippen molar-refractivity contribution in [3.8, 4) is 11.1 Å². The van der Waals surface area contributed by atoms with Gasteiger partial charge in [-0.3, -0.25) is 0 Å². The van der Waals surface area contributed by atoms with Crippen LogP contribution in [-0.2, 0) is 10.9 Å². The summed E-state index contributed by atoms with van der Waals surface area (Å²) in [5, 5.41) is 4.35. The molecule has 0 radical (unpaired) electrons. The van der Waals surface area contributed by atoms with Gasteiger partial charge in [0.1, 0.15) is 5.82 Å². The van der Waals surface area contributed by atoms with Crippen LogP contribution in [0.15, 0.2) is 53.1 Å². The van der Waals surface area contributed by atoms with Crippen LogP contribution < -0.4 is 24.0 Å². The third kappa shape index (κ3) is 4.46. The highest BCUT2D eigenvalue weighted by atomic mass is 127. The van der Waals surface area contributed by atoms with Gasteiger partial charge in [0.15, 0.2) is 5.25 Å². The van der Waals surface area contributed by atoms with Crippen molar-refractivity contribution in [2.75, 3.05) is 12.5 Å². The van der Waals surface area contributed by atoms with Gasteiger partial charge in [-0.2, -0.15) is 4.98 Å². The van der Waals surface area contributed by atoms with Gasteiger partial charge in [0.05, 0.1) is 18.4 Å². The summed E-state index contributed by atoms with van der Waals surface area (Å²) in [5.74, 6) is 0.853. The first-order valence-electron chi connectivity index (χ1n) is 8.22. The zero-order chi connectivity index (χ0) is 18.0. The monoisotopic (exact) mass is 484 g/mol. The second-order valence-corrected chi connectivity index (χ2v) is 8.81. The molecule has 0 saturated carbocycles. The van der Waals surface area contributed by atoms with Crippen LogP contribution in [0.4, 0.5) is 4.39 Å². The number of hydrogen-bond acceptors (Lipinski definition) is 3. The zero-order valence-corrected chi connectivity index (χ0v) is 18.2. The van der Waals surface area contributed by atoms with Crippen molar-refractivity contribution in [1.82, 2.24) is 10.1 Å². The van der Waals surface area contributed by atoms with Gasteiger partial charge < -0.3 is 28.5 Å². The molecule has 0 N–H and O–H groups in total. The number of nitrogens with zero attached hydrogens (tertiary/aromatic N) is 2. The maximum absolute atomic E-state index is 14.6. The molecule has 2 unspecified atom stereocenters. The van der Waals surface area contributed by atoms with Gasteiger partial charge >= 0.3 is 0 Å². The molecular weight excluding hydrogens is 462 g/mol. The highest BCUT2D eigenvalue weighted by Gasteiger charge is 2.26. The SMILES string of the molecule is CC(c1ccc(-c2ccccc2)c(F)c1)c1nc(C(C)[S+](C)C)no1.[I-]. The van der Waals surface area contributed by atoms with Crippen LogP contribution in [0.3, 0.4) is 0 Å². The van der Waals surface area contributed by atoms with E-state index < -0.39 is 0 Å². The molecule has 1 heterocycles. The van der Waals surface area contributed by atoms with Crippen LogP contribution in [0.5, 0.6) is 0 Å². The van der Waals surface area contributed by atoms with E-state index in [1.807, 2.05) is 49.4 Å². The smallest absolute Gasteiger partial charge is 0.234 e. The van der Waals surface area contributed by atoms with Crippen LogP contribution in [0, 0.1) is 5.82 Å². The van der Waals surface area contributed by atoms with Crippen molar-refractivity contribution < 1.29 is 32.9 Å². The van der Waals surface area contributed by atoms with E-state index in [1.54, 1.807) is 6.07 Å². The van der Waals surface area contributed by atoms with E-state index in [0.29, 0.717) is 11.5 Å². The van der Waals surface area contributed by atoms with Gasteiger partial charge in [0.25, 0.3) is 0 Å². The van der Waals surface area contributed by atoms with Crippen molar-refractivity contribution in [2.45, 2.75) is 25.0 Å². The van der Waals surface area contributed by atoms with Gasteiger partial charge in [0.2, 0.25) is 11.7 Å². The van der Waals surface area contributed by atoms with Crippen molar-refractivity contribution in [3.05, 3.63) is 71.6 Å². The van der Waals surface area contributed by atoms with Crippen LogP contribution in [0.25, 0.3) is 11.1 Å². The maximum Gasteiger partial charge on any atom is 0.234 e. The molecule has 0 amide bonds. The van der Waals surface area contributed by atoms with Crippen LogP contribution >= 0.6 is 0 Å². The van der Waals surface area contributed by atoms with E-state index >= 15 is 0 Å². The summed E-state index contributed by atoms with van der Waals surface area (Å²) in [4.78, 5) is 4.52. The quantitative estimate of drug-likeness (QED) is 0.411. The first kappa shape index (κ1) is 20.9. The summed E-state index contributed by atoms with van der Waals surface area (Å²) in [5.41, 5.74) is 2.29. The fourth-order valence-corrected chi connectivity index (χ4v) is 3.11.